The smallest absolute Gasteiger partial charge is 0.242 e. The van der Waals surface area contributed by atoms with Gasteiger partial charge in [-0.3, -0.25) is 15.6 Å². The van der Waals surface area contributed by atoms with E-state index < -0.39 is 5.54 Å². The molecule has 0 aliphatic carbocycles. The summed E-state index contributed by atoms with van der Waals surface area (Å²) >= 11 is 0. The highest BCUT2D eigenvalue weighted by Gasteiger charge is 2.38. The van der Waals surface area contributed by atoms with Crippen molar-refractivity contribution in [3.05, 3.63) is 35.9 Å². The number of nitrogens with zero attached hydrogens (tertiary/aromatic N) is 1. The maximum atomic E-state index is 12.5. The summed E-state index contributed by atoms with van der Waals surface area (Å²) in [7, 11) is 0. The third-order valence-corrected chi connectivity index (χ3v) is 5.29. The van der Waals surface area contributed by atoms with E-state index in [0.717, 1.165) is 32.5 Å². The number of nitrogens with two attached hydrogens (primary N) is 1. The van der Waals surface area contributed by atoms with Gasteiger partial charge in [0.15, 0.2) is 0 Å². The molecule has 3 rings (SSSR count). The second-order valence-electron chi connectivity index (χ2n) is 7.88. The van der Waals surface area contributed by atoms with Crippen molar-refractivity contribution in [1.82, 2.24) is 15.8 Å². The number of hydrazine groups is 1. The molecule has 0 bridgehead atoms. The minimum atomic E-state index is -0.785. The van der Waals surface area contributed by atoms with Crippen molar-refractivity contribution in [3.8, 4) is 0 Å². The number of rotatable bonds is 4. The van der Waals surface area contributed by atoms with E-state index in [9.17, 15) is 4.79 Å². The fourth-order valence-electron chi connectivity index (χ4n) is 4.07. The van der Waals surface area contributed by atoms with Crippen LogP contribution in [0, 0.1) is 11.8 Å². The molecule has 1 amide bonds. The van der Waals surface area contributed by atoms with Crippen molar-refractivity contribution in [3.63, 3.8) is 0 Å². The molecule has 2 saturated heterocycles. The first kappa shape index (κ1) is 17.4. The van der Waals surface area contributed by atoms with Gasteiger partial charge in [0.1, 0.15) is 0 Å². The zero-order valence-corrected chi connectivity index (χ0v) is 14.8. The topological polar surface area (TPSA) is 70.4 Å². The summed E-state index contributed by atoms with van der Waals surface area (Å²) in [4.78, 5) is 14.5. The van der Waals surface area contributed by atoms with Crippen LogP contribution in [0.2, 0.25) is 0 Å². The monoisotopic (exact) mass is 330 g/mol. The van der Waals surface area contributed by atoms with Crippen LogP contribution in [0.3, 0.4) is 0 Å². The molecule has 132 valence electrons. The minimum Gasteiger partial charge on any atom is -0.341 e. The lowest BCUT2D eigenvalue weighted by Gasteiger charge is -2.39. The SMILES string of the molecule is CC(C)(N)C(=O)N1CCCC(C2NNCC2Cc2ccccc2)C1. The Balaban J connectivity index is 1.65. The van der Waals surface area contributed by atoms with Gasteiger partial charge in [0.25, 0.3) is 0 Å². The lowest BCUT2D eigenvalue weighted by Crippen LogP contribution is -2.56. The summed E-state index contributed by atoms with van der Waals surface area (Å²) in [5.41, 5.74) is 13.4. The van der Waals surface area contributed by atoms with Crippen molar-refractivity contribution in [2.75, 3.05) is 19.6 Å². The zero-order chi connectivity index (χ0) is 17.2. The van der Waals surface area contributed by atoms with Gasteiger partial charge in [-0.05, 0) is 50.5 Å². The van der Waals surface area contributed by atoms with Crippen molar-refractivity contribution < 1.29 is 4.79 Å². The number of carbonyl (C=O) groups is 1. The summed E-state index contributed by atoms with van der Waals surface area (Å²) in [6.45, 7) is 6.22. The molecule has 2 aliphatic rings. The second kappa shape index (κ2) is 7.21. The summed E-state index contributed by atoms with van der Waals surface area (Å²) in [6, 6.07) is 11.1. The standard InChI is InChI=1S/C19H30N4O/c1-19(2,20)18(24)23-10-6-9-15(13-23)17-16(12-21-22-17)11-14-7-4-3-5-8-14/h3-5,7-8,15-17,21-22H,6,9-13,20H2,1-2H3. The van der Waals surface area contributed by atoms with E-state index in [0.29, 0.717) is 17.9 Å². The van der Waals surface area contributed by atoms with Crippen molar-refractivity contribution in [2.45, 2.75) is 44.7 Å². The summed E-state index contributed by atoms with van der Waals surface area (Å²) < 4.78 is 0. The van der Waals surface area contributed by atoms with Crippen LogP contribution >= 0.6 is 0 Å². The van der Waals surface area contributed by atoms with Gasteiger partial charge < -0.3 is 10.6 Å². The first-order valence-corrected chi connectivity index (χ1v) is 9.05. The molecule has 5 heteroatoms. The van der Waals surface area contributed by atoms with Gasteiger partial charge in [0.2, 0.25) is 5.91 Å². The van der Waals surface area contributed by atoms with Gasteiger partial charge >= 0.3 is 0 Å². The Morgan fingerprint density at radius 3 is 2.79 bits per heavy atom. The maximum Gasteiger partial charge on any atom is 0.242 e. The molecule has 2 aliphatic heterocycles. The molecular weight excluding hydrogens is 300 g/mol. The summed E-state index contributed by atoms with van der Waals surface area (Å²) in [6.07, 6.45) is 3.29. The highest BCUT2D eigenvalue weighted by molar-refractivity contribution is 5.85. The predicted molar refractivity (Wildman–Crippen MR) is 96.1 cm³/mol. The van der Waals surface area contributed by atoms with E-state index in [-0.39, 0.29) is 5.91 Å². The first-order chi connectivity index (χ1) is 11.4. The number of likely N-dealkylation sites (tertiary alicyclic amines) is 1. The number of hydrogen-bond donors (Lipinski definition) is 3. The second-order valence-corrected chi connectivity index (χ2v) is 7.88. The molecule has 3 atom stereocenters. The van der Waals surface area contributed by atoms with E-state index in [4.69, 9.17) is 5.73 Å². The van der Waals surface area contributed by atoms with Crippen LogP contribution < -0.4 is 16.6 Å². The van der Waals surface area contributed by atoms with Gasteiger partial charge in [-0.15, -0.1) is 0 Å². The fourth-order valence-corrected chi connectivity index (χ4v) is 4.07. The highest BCUT2D eigenvalue weighted by Crippen LogP contribution is 2.28. The van der Waals surface area contributed by atoms with Crippen LogP contribution in [0.4, 0.5) is 0 Å². The van der Waals surface area contributed by atoms with E-state index in [1.165, 1.54) is 12.0 Å². The third-order valence-electron chi connectivity index (χ3n) is 5.29. The molecule has 2 heterocycles. The first-order valence-electron chi connectivity index (χ1n) is 9.05. The van der Waals surface area contributed by atoms with Crippen LogP contribution in [0.1, 0.15) is 32.3 Å². The van der Waals surface area contributed by atoms with Crippen LogP contribution in [0.5, 0.6) is 0 Å². The fraction of sp³-hybridized carbons (Fsp3) is 0.632. The number of benzene rings is 1. The lowest BCUT2D eigenvalue weighted by molar-refractivity contribution is -0.137. The minimum absolute atomic E-state index is 0.0674. The Kier molecular flexibility index (Phi) is 5.23. The molecule has 0 aromatic heterocycles. The molecule has 24 heavy (non-hydrogen) atoms. The highest BCUT2D eigenvalue weighted by atomic mass is 16.2. The third kappa shape index (κ3) is 3.97. The quantitative estimate of drug-likeness (QED) is 0.778. The van der Waals surface area contributed by atoms with Crippen molar-refractivity contribution in [1.29, 1.82) is 0 Å². The average molecular weight is 330 g/mol. The molecule has 2 fully saturated rings. The zero-order valence-electron chi connectivity index (χ0n) is 14.8. The van der Waals surface area contributed by atoms with Gasteiger partial charge in [-0.25, -0.2) is 0 Å². The molecule has 0 spiro atoms. The van der Waals surface area contributed by atoms with Crippen molar-refractivity contribution in [2.24, 2.45) is 17.6 Å². The number of amides is 1. The Morgan fingerprint density at radius 1 is 1.33 bits per heavy atom. The molecule has 4 N–H and O–H groups in total. The van der Waals surface area contributed by atoms with E-state index in [2.05, 4.69) is 41.2 Å². The van der Waals surface area contributed by atoms with Crippen molar-refractivity contribution >= 4 is 5.91 Å². The van der Waals surface area contributed by atoms with Gasteiger partial charge in [-0.2, -0.15) is 0 Å². The lowest BCUT2D eigenvalue weighted by atomic mass is 9.81. The van der Waals surface area contributed by atoms with Crippen LogP contribution in [-0.4, -0.2) is 42.0 Å². The van der Waals surface area contributed by atoms with Crippen LogP contribution in [0.15, 0.2) is 30.3 Å². The van der Waals surface area contributed by atoms with E-state index >= 15 is 0 Å². The number of piperidine rings is 1. The summed E-state index contributed by atoms with van der Waals surface area (Å²) in [5, 5.41) is 0. The molecule has 1 aromatic rings. The van der Waals surface area contributed by atoms with Gasteiger partial charge in [0, 0.05) is 25.7 Å². The van der Waals surface area contributed by atoms with Gasteiger partial charge in [-0.1, -0.05) is 30.3 Å². The Hall–Kier alpha value is -1.43. The Bertz CT molecular complexity index is 554. The normalized spacial score (nSPS) is 28.1. The van der Waals surface area contributed by atoms with E-state index in [1.54, 1.807) is 13.8 Å². The van der Waals surface area contributed by atoms with Crippen LogP contribution in [-0.2, 0) is 11.2 Å². The van der Waals surface area contributed by atoms with Crippen LogP contribution in [0.25, 0.3) is 0 Å². The molecule has 0 radical (unpaired) electrons. The maximum absolute atomic E-state index is 12.5. The Morgan fingerprint density at radius 2 is 2.08 bits per heavy atom. The number of hydrogen-bond acceptors (Lipinski definition) is 4. The molecule has 0 saturated carbocycles. The molecular formula is C19H30N4O. The average Bonchev–Trinajstić information content (AvgIpc) is 3.02. The molecule has 5 nitrogen and oxygen atoms in total. The van der Waals surface area contributed by atoms with E-state index in [1.807, 2.05) is 4.90 Å². The summed E-state index contributed by atoms with van der Waals surface area (Å²) in [5.74, 6) is 1.10. The number of nitrogens with one attached hydrogen (secondary N) is 2. The van der Waals surface area contributed by atoms with Gasteiger partial charge in [0.05, 0.1) is 5.54 Å². The number of carbonyl (C=O) groups excluding carboxylic acids is 1. The predicted octanol–water partition coefficient (Wildman–Crippen LogP) is 1.30. The molecule has 3 unspecified atom stereocenters. The largest absolute Gasteiger partial charge is 0.341 e. The molecule has 1 aromatic carbocycles. The Labute approximate surface area is 144 Å².